The van der Waals surface area contributed by atoms with Crippen molar-refractivity contribution in [2.45, 2.75) is 6.92 Å². The van der Waals surface area contributed by atoms with E-state index in [1.807, 2.05) is 30.3 Å². The Morgan fingerprint density at radius 1 is 1.45 bits per heavy atom. The first-order chi connectivity index (χ1) is 9.76. The maximum atomic E-state index is 11.3. The van der Waals surface area contributed by atoms with Crippen LogP contribution >= 0.6 is 0 Å². The van der Waals surface area contributed by atoms with Gasteiger partial charge < -0.3 is 10.1 Å². The normalized spacial score (nSPS) is 9.80. The van der Waals surface area contributed by atoms with Gasteiger partial charge in [-0.1, -0.05) is 30.3 Å². The van der Waals surface area contributed by atoms with E-state index in [1.54, 1.807) is 6.92 Å². The van der Waals surface area contributed by atoms with E-state index in [0.29, 0.717) is 23.7 Å². The minimum Gasteiger partial charge on any atom is -0.465 e. The number of benzene rings is 1. The third kappa shape index (κ3) is 2.95. The Bertz CT molecular complexity index is 628. The summed E-state index contributed by atoms with van der Waals surface area (Å²) in [5.41, 5.74) is 1.86. The fourth-order valence-electron chi connectivity index (χ4n) is 1.76. The van der Waals surface area contributed by atoms with Gasteiger partial charge in [0.1, 0.15) is 18.2 Å². The standard InChI is InChI=1S/C14H14N4O2/c1-2-20-12(19)9-16-14-11(8-15)13(17-18-14)10-6-4-3-5-7-10/h3-7H,2,9H2,1H3,(H2,16,17,18). The van der Waals surface area contributed by atoms with Crippen molar-refractivity contribution in [3.63, 3.8) is 0 Å². The van der Waals surface area contributed by atoms with Crippen LogP contribution in [-0.2, 0) is 9.53 Å². The first-order valence-corrected chi connectivity index (χ1v) is 6.19. The van der Waals surface area contributed by atoms with Gasteiger partial charge in [-0.25, -0.2) is 0 Å². The van der Waals surface area contributed by atoms with Gasteiger partial charge in [0.15, 0.2) is 5.82 Å². The van der Waals surface area contributed by atoms with Crippen LogP contribution in [0, 0.1) is 11.3 Å². The number of H-pyrrole nitrogens is 1. The van der Waals surface area contributed by atoms with Crippen LogP contribution in [0.3, 0.4) is 0 Å². The lowest BCUT2D eigenvalue weighted by Crippen LogP contribution is -2.17. The lowest BCUT2D eigenvalue weighted by atomic mass is 10.1. The zero-order valence-electron chi connectivity index (χ0n) is 11.0. The van der Waals surface area contributed by atoms with Crippen LogP contribution in [0.4, 0.5) is 5.82 Å². The number of nitriles is 1. The SMILES string of the molecule is CCOC(=O)CNc1n[nH]c(-c2ccccc2)c1C#N. The molecule has 0 bridgehead atoms. The van der Waals surface area contributed by atoms with E-state index in [0.717, 1.165) is 5.56 Å². The molecule has 2 rings (SSSR count). The van der Waals surface area contributed by atoms with Crippen molar-refractivity contribution in [1.82, 2.24) is 10.2 Å². The molecule has 2 N–H and O–H groups in total. The van der Waals surface area contributed by atoms with E-state index >= 15 is 0 Å². The summed E-state index contributed by atoms with van der Waals surface area (Å²) < 4.78 is 4.81. The lowest BCUT2D eigenvalue weighted by Gasteiger charge is -2.03. The average Bonchev–Trinajstić information content (AvgIpc) is 2.89. The van der Waals surface area contributed by atoms with Gasteiger partial charge >= 0.3 is 5.97 Å². The maximum Gasteiger partial charge on any atom is 0.325 e. The molecule has 1 aromatic carbocycles. The highest BCUT2D eigenvalue weighted by atomic mass is 16.5. The molecule has 1 aromatic heterocycles. The van der Waals surface area contributed by atoms with Crippen molar-refractivity contribution >= 4 is 11.8 Å². The Balaban J connectivity index is 2.19. The van der Waals surface area contributed by atoms with Crippen LogP contribution in [0.5, 0.6) is 0 Å². The number of nitrogens with one attached hydrogen (secondary N) is 2. The third-order valence-electron chi connectivity index (χ3n) is 2.65. The molecular formula is C14H14N4O2. The minimum atomic E-state index is -0.388. The van der Waals surface area contributed by atoms with E-state index in [4.69, 9.17) is 4.74 Å². The lowest BCUT2D eigenvalue weighted by molar-refractivity contribution is -0.140. The number of nitrogens with zero attached hydrogens (tertiary/aromatic N) is 2. The van der Waals surface area contributed by atoms with Gasteiger partial charge in [0.25, 0.3) is 0 Å². The summed E-state index contributed by atoms with van der Waals surface area (Å²) in [5, 5.41) is 18.9. The number of hydrogen-bond donors (Lipinski definition) is 2. The molecule has 0 atom stereocenters. The molecule has 102 valence electrons. The zero-order valence-corrected chi connectivity index (χ0v) is 11.0. The van der Waals surface area contributed by atoms with Crippen LogP contribution in [0.1, 0.15) is 12.5 Å². The summed E-state index contributed by atoms with van der Waals surface area (Å²) in [6.45, 7) is 2.03. The summed E-state index contributed by atoms with van der Waals surface area (Å²) >= 11 is 0. The molecule has 0 saturated heterocycles. The quantitative estimate of drug-likeness (QED) is 0.810. The van der Waals surface area contributed by atoms with Crippen LogP contribution in [0.25, 0.3) is 11.3 Å². The molecule has 0 aliphatic carbocycles. The number of ether oxygens (including phenoxy) is 1. The highest BCUT2D eigenvalue weighted by Crippen LogP contribution is 2.25. The molecule has 0 aliphatic heterocycles. The summed E-state index contributed by atoms with van der Waals surface area (Å²) in [6, 6.07) is 11.5. The van der Waals surface area contributed by atoms with Crippen molar-refractivity contribution in [1.29, 1.82) is 5.26 Å². The van der Waals surface area contributed by atoms with Gasteiger partial charge in [0, 0.05) is 5.56 Å². The highest BCUT2D eigenvalue weighted by Gasteiger charge is 2.15. The highest BCUT2D eigenvalue weighted by molar-refractivity contribution is 5.78. The van der Waals surface area contributed by atoms with Gasteiger partial charge in [0.05, 0.1) is 12.3 Å². The number of anilines is 1. The van der Waals surface area contributed by atoms with Gasteiger partial charge in [0.2, 0.25) is 0 Å². The molecular weight excluding hydrogens is 256 g/mol. The van der Waals surface area contributed by atoms with Crippen LogP contribution < -0.4 is 5.32 Å². The summed E-state index contributed by atoms with van der Waals surface area (Å²) in [4.78, 5) is 11.3. The molecule has 0 saturated carbocycles. The summed E-state index contributed by atoms with van der Waals surface area (Å²) in [5.74, 6) is -0.0416. The Hall–Kier alpha value is -2.81. The monoisotopic (exact) mass is 270 g/mol. The summed E-state index contributed by atoms with van der Waals surface area (Å²) in [6.07, 6.45) is 0. The van der Waals surface area contributed by atoms with Crippen molar-refractivity contribution in [2.24, 2.45) is 0 Å². The molecule has 20 heavy (non-hydrogen) atoms. The second-order valence-electron chi connectivity index (χ2n) is 3.96. The summed E-state index contributed by atoms with van der Waals surface area (Å²) in [7, 11) is 0. The topological polar surface area (TPSA) is 90.8 Å². The molecule has 0 spiro atoms. The van der Waals surface area contributed by atoms with Crippen LogP contribution in [0.15, 0.2) is 30.3 Å². The largest absolute Gasteiger partial charge is 0.465 e. The Morgan fingerprint density at radius 3 is 2.85 bits per heavy atom. The second kappa shape index (κ2) is 6.38. The third-order valence-corrected chi connectivity index (χ3v) is 2.65. The molecule has 6 nitrogen and oxygen atoms in total. The van der Waals surface area contributed by atoms with Crippen molar-refractivity contribution in [3.05, 3.63) is 35.9 Å². The van der Waals surface area contributed by atoms with Gasteiger partial charge in [-0.15, -0.1) is 0 Å². The number of carbonyl (C=O) groups excluding carboxylic acids is 1. The van der Waals surface area contributed by atoms with E-state index in [2.05, 4.69) is 21.6 Å². The van der Waals surface area contributed by atoms with E-state index in [9.17, 15) is 10.1 Å². The first-order valence-electron chi connectivity index (χ1n) is 6.19. The van der Waals surface area contributed by atoms with Crippen LogP contribution in [-0.4, -0.2) is 29.3 Å². The Morgan fingerprint density at radius 2 is 2.20 bits per heavy atom. The molecule has 0 amide bonds. The van der Waals surface area contributed by atoms with E-state index in [1.165, 1.54) is 0 Å². The average molecular weight is 270 g/mol. The predicted octanol–water partition coefficient (Wildman–Crippen LogP) is 1.92. The van der Waals surface area contributed by atoms with E-state index < -0.39 is 0 Å². The number of aromatic nitrogens is 2. The van der Waals surface area contributed by atoms with Crippen molar-refractivity contribution in [3.8, 4) is 17.3 Å². The first kappa shape index (κ1) is 13.6. The van der Waals surface area contributed by atoms with Gasteiger partial charge in [-0.05, 0) is 6.92 Å². The molecule has 0 radical (unpaired) electrons. The van der Waals surface area contributed by atoms with Crippen molar-refractivity contribution in [2.75, 3.05) is 18.5 Å². The zero-order chi connectivity index (χ0) is 14.4. The number of esters is 1. The van der Waals surface area contributed by atoms with Crippen molar-refractivity contribution < 1.29 is 9.53 Å². The van der Waals surface area contributed by atoms with Gasteiger partial charge in [-0.3, -0.25) is 9.89 Å². The molecule has 0 unspecified atom stereocenters. The van der Waals surface area contributed by atoms with E-state index in [-0.39, 0.29) is 12.5 Å². The smallest absolute Gasteiger partial charge is 0.325 e. The molecule has 0 fully saturated rings. The Labute approximate surface area is 116 Å². The number of carbonyl (C=O) groups is 1. The number of aromatic amines is 1. The number of hydrogen-bond acceptors (Lipinski definition) is 5. The molecule has 1 heterocycles. The predicted molar refractivity (Wildman–Crippen MR) is 73.9 cm³/mol. The fraction of sp³-hybridized carbons (Fsp3) is 0.214. The minimum absolute atomic E-state index is 0.0262. The molecule has 6 heteroatoms. The maximum absolute atomic E-state index is 11.3. The molecule has 2 aromatic rings. The fourth-order valence-corrected chi connectivity index (χ4v) is 1.76. The second-order valence-corrected chi connectivity index (χ2v) is 3.96. The van der Waals surface area contributed by atoms with Crippen LogP contribution in [0.2, 0.25) is 0 Å². The number of rotatable bonds is 5. The molecule has 0 aliphatic rings. The van der Waals surface area contributed by atoms with Gasteiger partial charge in [-0.2, -0.15) is 10.4 Å². The Kier molecular flexibility index (Phi) is 4.35.